The summed E-state index contributed by atoms with van der Waals surface area (Å²) in [5.41, 5.74) is 0. The summed E-state index contributed by atoms with van der Waals surface area (Å²) in [6.07, 6.45) is 2.32. The Kier molecular flexibility index (Phi) is 3.63. The van der Waals surface area contributed by atoms with Crippen molar-refractivity contribution in [2.45, 2.75) is 45.2 Å². The Morgan fingerprint density at radius 3 is 2.27 bits per heavy atom. The molecule has 1 heterocycles. The molecule has 3 heteroatoms. The number of rotatable bonds is 2. The summed E-state index contributed by atoms with van der Waals surface area (Å²) in [5.74, 6) is 0.601. The van der Waals surface area contributed by atoms with Gasteiger partial charge in [-0.3, -0.25) is 0 Å². The second-order valence-corrected chi connectivity index (χ2v) is 3.41. The van der Waals surface area contributed by atoms with Crippen molar-refractivity contribution in [2.24, 2.45) is 0 Å². The monoisotopic (exact) mass is 178 g/mol. The van der Waals surface area contributed by atoms with Gasteiger partial charge in [-0.25, -0.2) is 0 Å². The van der Waals surface area contributed by atoms with Crippen LogP contribution in [0.2, 0.25) is 0 Å². The van der Waals surface area contributed by atoms with E-state index in [1.54, 1.807) is 0 Å². The van der Waals surface area contributed by atoms with Crippen LogP contribution in [0.3, 0.4) is 0 Å². The largest absolute Gasteiger partial charge is 0.350 e. The first-order chi connectivity index (χ1) is 5.22. The first kappa shape index (κ1) is 9.30. The highest BCUT2D eigenvalue weighted by molar-refractivity contribution is 6.17. The summed E-state index contributed by atoms with van der Waals surface area (Å²) in [6, 6.07) is 0. The fraction of sp³-hybridized carbons (Fsp3) is 1.00. The van der Waals surface area contributed by atoms with Crippen LogP contribution in [-0.2, 0) is 9.47 Å². The third-order valence-electron chi connectivity index (χ3n) is 1.78. The molecule has 0 saturated carbocycles. The molecule has 1 aliphatic heterocycles. The van der Waals surface area contributed by atoms with Gasteiger partial charge in [0.05, 0.1) is 12.2 Å². The molecule has 0 bridgehead atoms. The molecule has 0 N–H and O–H groups in total. The van der Waals surface area contributed by atoms with Gasteiger partial charge in [0.2, 0.25) is 0 Å². The fourth-order valence-corrected chi connectivity index (χ4v) is 1.53. The van der Waals surface area contributed by atoms with E-state index in [4.69, 9.17) is 21.1 Å². The number of halogens is 1. The van der Waals surface area contributed by atoms with Crippen molar-refractivity contribution in [1.82, 2.24) is 0 Å². The summed E-state index contributed by atoms with van der Waals surface area (Å²) in [4.78, 5) is 0. The predicted molar refractivity (Wildman–Crippen MR) is 44.8 cm³/mol. The first-order valence-corrected chi connectivity index (χ1v) is 4.62. The lowest BCUT2D eigenvalue weighted by Gasteiger charge is -2.32. The maximum absolute atomic E-state index is 5.57. The maximum Gasteiger partial charge on any atom is 0.159 e. The molecular weight excluding hydrogens is 164 g/mol. The Labute approximate surface area is 72.8 Å². The highest BCUT2D eigenvalue weighted by Gasteiger charge is 2.23. The molecule has 1 rings (SSSR count). The molecule has 0 spiro atoms. The van der Waals surface area contributed by atoms with Gasteiger partial charge in [-0.05, 0) is 20.3 Å². The van der Waals surface area contributed by atoms with Gasteiger partial charge in [0.25, 0.3) is 0 Å². The second-order valence-electron chi connectivity index (χ2n) is 3.04. The summed E-state index contributed by atoms with van der Waals surface area (Å²) < 4.78 is 11.0. The van der Waals surface area contributed by atoms with E-state index in [-0.39, 0.29) is 6.29 Å². The summed E-state index contributed by atoms with van der Waals surface area (Å²) in [7, 11) is 0. The van der Waals surface area contributed by atoms with E-state index in [0.717, 1.165) is 12.8 Å². The zero-order valence-electron chi connectivity index (χ0n) is 7.05. The summed E-state index contributed by atoms with van der Waals surface area (Å²) >= 11 is 5.57. The standard InChI is InChI=1S/C8H15ClO2/c1-6-5-7(2)11-8(10-6)3-4-9/h6-8H,3-5H2,1-2H3. The Bertz CT molecular complexity index is 109. The molecule has 66 valence electrons. The minimum absolute atomic E-state index is 0.0775. The minimum Gasteiger partial charge on any atom is -0.350 e. The van der Waals surface area contributed by atoms with Crippen LogP contribution in [0.25, 0.3) is 0 Å². The average molecular weight is 179 g/mol. The van der Waals surface area contributed by atoms with Crippen LogP contribution in [0.15, 0.2) is 0 Å². The average Bonchev–Trinajstić information content (AvgIpc) is 1.85. The van der Waals surface area contributed by atoms with Gasteiger partial charge < -0.3 is 9.47 Å². The number of alkyl halides is 1. The van der Waals surface area contributed by atoms with Crippen LogP contribution in [0.4, 0.5) is 0 Å². The molecule has 0 aromatic heterocycles. The topological polar surface area (TPSA) is 18.5 Å². The molecule has 11 heavy (non-hydrogen) atoms. The lowest BCUT2D eigenvalue weighted by atomic mass is 10.2. The summed E-state index contributed by atoms with van der Waals surface area (Å²) in [6.45, 7) is 4.14. The van der Waals surface area contributed by atoms with E-state index in [1.165, 1.54) is 0 Å². The molecule has 0 aromatic carbocycles. The molecule has 0 amide bonds. The van der Waals surface area contributed by atoms with Crippen molar-refractivity contribution in [3.05, 3.63) is 0 Å². The Morgan fingerprint density at radius 2 is 1.82 bits per heavy atom. The second kappa shape index (κ2) is 4.29. The Morgan fingerprint density at radius 1 is 1.27 bits per heavy atom. The molecule has 2 unspecified atom stereocenters. The lowest BCUT2D eigenvalue weighted by molar-refractivity contribution is -0.234. The first-order valence-electron chi connectivity index (χ1n) is 4.09. The minimum atomic E-state index is -0.0775. The molecule has 2 atom stereocenters. The highest BCUT2D eigenvalue weighted by atomic mass is 35.5. The van der Waals surface area contributed by atoms with Gasteiger partial charge in [-0.1, -0.05) is 0 Å². The van der Waals surface area contributed by atoms with E-state index in [0.29, 0.717) is 18.1 Å². The quantitative estimate of drug-likeness (QED) is 0.604. The molecule has 1 fully saturated rings. The molecule has 0 aliphatic carbocycles. The van der Waals surface area contributed by atoms with E-state index in [9.17, 15) is 0 Å². The molecule has 0 aromatic rings. The third-order valence-corrected chi connectivity index (χ3v) is 2.00. The molecular formula is C8H15ClO2. The van der Waals surface area contributed by atoms with Gasteiger partial charge in [0, 0.05) is 12.3 Å². The van der Waals surface area contributed by atoms with Crippen molar-refractivity contribution >= 4 is 11.6 Å². The normalized spacial score (nSPS) is 39.0. The Balaban J connectivity index is 2.30. The van der Waals surface area contributed by atoms with Crippen LogP contribution < -0.4 is 0 Å². The van der Waals surface area contributed by atoms with E-state index < -0.39 is 0 Å². The van der Waals surface area contributed by atoms with Gasteiger partial charge in [-0.15, -0.1) is 11.6 Å². The third kappa shape index (κ3) is 2.97. The van der Waals surface area contributed by atoms with Crippen molar-refractivity contribution in [1.29, 1.82) is 0 Å². The fourth-order valence-electron chi connectivity index (χ4n) is 1.35. The SMILES string of the molecule is CC1CC(C)OC(CCCl)O1. The highest BCUT2D eigenvalue weighted by Crippen LogP contribution is 2.19. The number of ether oxygens (including phenoxy) is 2. The van der Waals surface area contributed by atoms with Gasteiger partial charge in [-0.2, -0.15) is 0 Å². The summed E-state index contributed by atoms with van der Waals surface area (Å²) in [5, 5.41) is 0. The van der Waals surface area contributed by atoms with Crippen molar-refractivity contribution in [3.63, 3.8) is 0 Å². The van der Waals surface area contributed by atoms with Crippen molar-refractivity contribution in [3.8, 4) is 0 Å². The van der Waals surface area contributed by atoms with Crippen LogP contribution in [0.5, 0.6) is 0 Å². The molecule has 1 saturated heterocycles. The zero-order valence-corrected chi connectivity index (χ0v) is 7.80. The van der Waals surface area contributed by atoms with E-state index >= 15 is 0 Å². The maximum atomic E-state index is 5.57. The number of hydrogen-bond acceptors (Lipinski definition) is 2. The molecule has 1 aliphatic rings. The molecule has 2 nitrogen and oxygen atoms in total. The van der Waals surface area contributed by atoms with Crippen molar-refractivity contribution < 1.29 is 9.47 Å². The van der Waals surface area contributed by atoms with Crippen molar-refractivity contribution in [2.75, 3.05) is 5.88 Å². The zero-order chi connectivity index (χ0) is 8.27. The smallest absolute Gasteiger partial charge is 0.159 e. The van der Waals surface area contributed by atoms with Gasteiger partial charge >= 0.3 is 0 Å². The van der Waals surface area contributed by atoms with Crippen LogP contribution in [0, 0.1) is 0 Å². The molecule has 0 radical (unpaired) electrons. The van der Waals surface area contributed by atoms with Gasteiger partial charge in [0.15, 0.2) is 6.29 Å². The van der Waals surface area contributed by atoms with E-state index in [2.05, 4.69) is 13.8 Å². The Hall–Kier alpha value is 0.210. The lowest BCUT2D eigenvalue weighted by Crippen LogP contribution is -2.35. The number of hydrogen-bond donors (Lipinski definition) is 0. The van der Waals surface area contributed by atoms with E-state index in [1.807, 2.05) is 0 Å². The van der Waals surface area contributed by atoms with Crippen LogP contribution in [-0.4, -0.2) is 24.4 Å². The van der Waals surface area contributed by atoms with Crippen LogP contribution in [0.1, 0.15) is 26.7 Å². The van der Waals surface area contributed by atoms with Crippen LogP contribution >= 0.6 is 11.6 Å². The van der Waals surface area contributed by atoms with Gasteiger partial charge in [0.1, 0.15) is 0 Å². The predicted octanol–water partition coefficient (Wildman–Crippen LogP) is 2.16.